The molecule has 2 atom stereocenters. The summed E-state index contributed by atoms with van der Waals surface area (Å²) in [5.74, 6) is 0.256. The lowest BCUT2D eigenvalue weighted by Gasteiger charge is -2.35. The van der Waals surface area contributed by atoms with Gasteiger partial charge in [-0.25, -0.2) is 4.39 Å². The highest BCUT2D eigenvalue weighted by molar-refractivity contribution is 7.98. The number of nitrogens with one attached hydrogen (secondary N) is 2. The number of nitrogens with zero attached hydrogens (tertiary/aromatic N) is 1. The third-order valence-corrected chi connectivity index (χ3v) is 6.44. The van der Waals surface area contributed by atoms with Crippen molar-refractivity contribution < 1.29 is 23.5 Å². The zero-order valence-electron chi connectivity index (χ0n) is 19.6. The third kappa shape index (κ3) is 7.19. The number of halogens is 1. The molecule has 0 saturated carbocycles. The van der Waals surface area contributed by atoms with Crippen molar-refractivity contribution in [3.05, 3.63) is 65.5 Å². The van der Waals surface area contributed by atoms with Gasteiger partial charge in [-0.05, 0) is 48.3 Å². The first kappa shape index (κ1) is 26.0. The molecule has 34 heavy (non-hydrogen) atoms. The highest BCUT2D eigenvalue weighted by atomic mass is 32.2. The van der Waals surface area contributed by atoms with Crippen molar-refractivity contribution in [3.8, 4) is 5.75 Å². The number of carbonyl (C=O) groups excluding carboxylic acids is 2. The third-order valence-electron chi connectivity index (χ3n) is 5.79. The van der Waals surface area contributed by atoms with Crippen LogP contribution in [0.4, 0.5) is 4.39 Å². The van der Waals surface area contributed by atoms with Crippen LogP contribution in [0, 0.1) is 5.82 Å². The van der Waals surface area contributed by atoms with E-state index in [1.54, 1.807) is 48.2 Å². The van der Waals surface area contributed by atoms with Crippen molar-refractivity contribution >= 4 is 23.6 Å². The fourth-order valence-corrected chi connectivity index (χ4v) is 4.40. The van der Waals surface area contributed by atoms with Gasteiger partial charge in [0.15, 0.2) is 0 Å². The van der Waals surface area contributed by atoms with E-state index in [1.807, 2.05) is 6.26 Å². The highest BCUT2D eigenvalue weighted by Gasteiger charge is 2.26. The maximum absolute atomic E-state index is 13.5. The van der Waals surface area contributed by atoms with Crippen LogP contribution in [0.25, 0.3) is 0 Å². The quantitative estimate of drug-likeness (QED) is 0.505. The molecule has 1 fully saturated rings. The summed E-state index contributed by atoms with van der Waals surface area (Å²) in [5.41, 5.74) is 1.30. The van der Waals surface area contributed by atoms with Crippen LogP contribution in [0.3, 0.4) is 0 Å². The van der Waals surface area contributed by atoms with Crippen LogP contribution in [0.15, 0.2) is 48.5 Å². The molecule has 2 aromatic rings. The number of amides is 2. The number of benzene rings is 2. The van der Waals surface area contributed by atoms with Crippen LogP contribution in [-0.4, -0.2) is 74.7 Å². The number of hydrogen-bond donors (Lipinski definition) is 2. The summed E-state index contributed by atoms with van der Waals surface area (Å²) in [6.07, 6.45) is 2.45. The van der Waals surface area contributed by atoms with E-state index in [4.69, 9.17) is 9.47 Å². The molecule has 3 rings (SSSR count). The minimum absolute atomic E-state index is 0.125. The van der Waals surface area contributed by atoms with Crippen LogP contribution < -0.4 is 15.4 Å². The van der Waals surface area contributed by atoms with Crippen LogP contribution >= 0.6 is 11.8 Å². The lowest BCUT2D eigenvalue weighted by atomic mass is 10.0. The van der Waals surface area contributed by atoms with E-state index in [9.17, 15) is 14.0 Å². The van der Waals surface area contributed by atoms with Gasteiger partial charge in [-0.3, -0.25) is 14.5 Å². The van der Waals surface area contributed by atoms with E-state index in [1.165, 1.54) is 19.2 Å². The Morgan fingerprint density at radius 1 is 1.15 bits per heavy atom. The first-order chi connectivity index (χ1) is 16.5. The van der Waals surface area contributed by atoms with E-state index >= 15 is 0 Å². The van der Waals surface area contributed by atoms with Gasteiger partial charge in [0, 0.05) is 19.6 Å². The molecule has 1 aliphatic rings. The molecule has 0 aromatic heterocycles. The summed E-state index contributed by atoms with van der Waals surface area (Å²) < 4.78 is 24.2. The molecule has 1 saturated heterocycles. The summed E-state index contributed by atoms with van der Waals surface area (Å²) in [6, 6.07) is 12.5. The molecule has 0 unspecified atom stereocenters. The number of rotatable bonds is 11. The smallest absolute Gasteiger partial charge is 0.255 e. The minimum atomic E-state index is -0.691. The number of thioether (sulfide) groups is 1. The lowest BCUT2D eigenvalue weighted by molar-refractivity contribution is -0.123. The molecule has 0 spiro atoms. The fourth-order valence-electron chi connectivity index (χ4n) is 3.93. The molecule has 2 amide bonds. The molecular formula is C25H32FN3O4S. The summed E-state index contributed by atoms with van der Waals surface area (Å²) >= 11 is 1.61. The van der Waals surface area contributed by atoms with Crippen molar-refractivity contribution in [3.63, 3.8) is 0 Å². The van der Waals surface area contributed by atoms with Gasteiger partial charge in [0.2, 0.25) is 5.91 Å². The standard InChI is InChI=1S/C25H32FN3O4S/c1-32-23-6-4-3-5-20(23)24(30)28-21(11-16-34-2)25(31)27-17-22(29-12-14-33-15-13-29)18-7-9-19(26)10-8-18/h3-10,21-22H,11-17H2,1-2H3,(H,27,31)(H,28,30)/t21-,22-/m0/s1. The molecule has 7 nitrogen and oxygen atoms in total. The van der Waals surface area contributed by atoms with Crippen molar-refractivity contribution in [2.45, 2.75) is 18.5 Å². The Hall–Kier alpha value is -2.62. The maximum atomic E-state index is 13.5. The minimum Gasteiger partial charge on any atom is -0.496 e. The molecule has 2 N–H and O–H groups in total. The lowest BCUT2D eigenvalue weighted by Crippen LogP contribution is -2.50. The van der Waals surface area contributed by atoms with Crippen molar-refractivity contribution in [1.82, 2.24) is 15.5 Å². The molecular weight excluding hydrogens is 457 g/mol. The molecule has 2 aromatic carbocycles. The molecule has 0 bridgehead atoms. The van der Waals surface area contributed by atoms with Crippen LogP contribution in [-0.2, 0) is 9.53 Å². The van der Waals surface area contributed by atoms with Gasteiger partial charge in [-0.1, -0.05) is 24.3 Å². The number of methoxy groups -OCH3 is 1. The van der Waals surface area contributed by atoms with E-state index < -0.39 is 6.04 Å². The normalized spacial score (nSPS) is 15.9. The Morgan fingerprint density at radius 2 is 1.85 bits per heavy atom. The zero-order chi connectivity index (χ0) is 24.3. The molecule has 0 radical (unpaired) electrons. The summed E-state index contributed by atoms with van der Waals surface area (Å²) in [5, 5.41) is 5.88. The van der Waals surface area contributed by atoms with Crippen molar-refractivity contribution in [1.29, 1.82) is 0 Å². The van der Waals surface area contributed by atoms with Gasteiger partial charge < -0.3 is 20.1 Å². The Labute approximate surface area is 204 Å². The topological polar surface area (TPSA) is 79.9 Å². The zero-order valence-corrected chi connectivity index (χ0v) is 20.4. The van der Waals surface area contributed by atoms with Gasteiger partial charge >= 0.3 is 0 Å². The molecule has 184 valence electrons. The van der Waals surface area contributed by atoms with Crippen LogP contribution in [0.1, 0.15) is 28.4 Å². The van der Waals surface area contributed by atoms with E-state index in [0.717, 1.165) is 24.4 Å². The Morgan fingerprint density at radius 3 is 2.53 bits per heavy atom. The average Bonchev–Trinajstić information content (AvgIpc) is 2.88. The number of hydrogen-bond acceptors (Lipinski definition) is 6. The highest BCUT2D eigenvalue weighted by Crippen LogP contribution is 2.22. The first-order valence-corrected chi connectivity index (χ1v) is 12.7. The van der Waals surface area contributed by atoms with E-state index in [0.29, 0.717) is 37.5 Å². The molecule has 1 aliphatic heterocycles. The van der Waals surface area contributed by atoms with Crippen LogP contribution in [0.2, 0.25) is 0 Å². The second-order valence-corrected chi connectivity index (χ2v) is 8.95. The van der Waals surface area contributed by atoms with E-state index in [2.05, 4.69) is 15.5 Å². The number of carbonyl (C=O) groups is 2. The monoisotopic (exact) mass is 489 g/mol. The second kappa shape index (κ2) is 13.3. The first-order valence-electron chi connectivity index (χ1n) is 11.3. The van der Waals surface area contributed by atoms with Crippen molar-refractivity contribution in [2.24, 2.45) is 0 Å². The molecule has 1 heterocycles. The average molecular weight is 490 g/mol. The van der Waals surface area contributed by atoms with Gasteiger partial charge in [-0.15, -0.1) is 0 Å². The van der Waals surface area contributed by atoms with Gasteiger partial charge in [0.05, 0.1) is 31.9 Å². The predicted molar refractivity (Wildman–Crippen MR) is 132 cm³/mol. The second-order valence-electron chi connectivity index (χ2n) is 7.97. The number of morpholine rings is 1. The Kier molecular flexibility index (Phi) is 10.2. The van der Waals surface area contributed by atoms with Crippen LogP contribution in [0.5, 0.6) is 5.75 Å². The summed E-state index contributed by atoms with van der Waals surface area (Å²) in [6.45, 7) is 3.00. The van der Waals surface area contributed by atoms with E-state index in [-0.39, 0.29) is 23.7 Å². The van der Waals surface area contributed by atoms with Gasteiger partial charge in [0.25, 0.3) is 5.91 Å². The van der Waals surface area contributed by atoms with Crippen molar-refractivity contribution in [2.75, 3.05) is 52.0 Å². The SMILES string of the molecule is COc1ccccc1C(=O)N[C@@H](CCSC)C(=O)NC[C@@H](c1ccc(F)cc1)N1CCOCC1. The Bertz CT molecular complexity index is 938. The van der Waals surface area contributed by atoms with Gasteiger partial charge in [0.1, 0.15) is 17.6 Å². The number of para-hydroxylation sites is 1. The fraction of sp³-hybridized carbons (Fsp3) is 0.440. The van der Waals surface area contributed by atoms with Gasteiger partial charge in [-0.2, -0.15) is 11.8 Å². The summed E-state index contributed by atoms with van der Waals surface area (Å²) in [4.78, 5) is 28.3. The molecule has 0 aliphatic carbocycles. The summed E-state index contributed by atoms with van der Waals surface area (Å²) in [7, 11) is 1.51. The number of ether oxygens (including phenoxy) is 2. The Balaban J connectivity index is 1.71. The largest absolute Gasteiger partial charge is 0.496 e. The predicted octanol–water partition coefficient (Wildman–Crippen LogP) is 2.88. The molecule has 9 heteroatoms. The maximum Gasteiger partial charge on any atom is 0.255 e.